The zero-order chi connectivity index (χ0) is 13.2. The second-order valence-corrected chi connectivity index (χ2v) is 5.89. The number of rotatable bonds is 3. The Morgan fingerprint density at radius 3 is 2.84 bits per heavy atom. The second kappa shape index (κ2) is 5.42. The highest BCUT2D eigenvalue weighted by atomic mass is 35.5. The van der Waals surface area contributed by atoms with E-state index in [1.807, 2.05) is 17.7 Å². The van der Waals surface area contributed by atoms with Gasteiger partial charge in [-0.25, -0.2) is 14.6 Å². The van der Waals surface area contributed by atoms with Gasteiger partial charge in [0, 0.05) is 5.69 Å². The molecule has 1 aliphatic carbocycles. The van der Waals surface area contributed by atoms with Crippen LogP contribution in [0.1, 0.15) is 37.4 Å². The molecule has 1 aliphatic rings. The fraction of sp³-hybridized carbons (Fsp3) is 0.545. The molecule has 3 rings (SSSR count). The normalized spacial score (nSPS) is 16.1. The highest BCUT2D eigenvalue weighted by Gasteiger charge is 2.22. The highest BCUT2D eigenvalue weighted by molar-refractivity contribution is 7.99. The Morgan fingerprint density at radius 1 is 1.32 bits per heavy atom. The summed E-state index contributed by atoms with van der Waals surface area (Å²) in [4.78, 5) is 8.23. The van der Waals surface area contributed by atoms with Gasteiger partial charge in [-0.05, 0) is 59.6 Å². The molecule has 0 bridgehead atoms. The maximum absolute atomic E-state index is 5.86. The Morgan fingerprint density at radius 2 is 2.11 bits per heavy atom. The molecule has 0 spiro atoms. The molecule has 19 heavy (non-hydrogen) atoms. The van der Waals surface area contributed by atoms with Crippen LogP contribution in [0.5, 0.6) is 0 Å². The Bertz CT molecular complexity index is 560. The van der Waals surface area contributed by atoms with Crippen LogP contribution in [0.2, 0.25) is 5.28 Å². The van der Waals surface area contributed by atoms with Crippen LogP contribution in [-0.4, -0.2) is 30.2 Å². The van der Waals surface area contributed by atoms with Gasteiger partial charge in [-0.15, -0.1) is 5.10 Å². The molecule has 6 nitrogen and oxygen atoms in total. The minimum Gasteiger partial charge on any atom is -0.223 e. The van der Waals surface area contributed by atoms with Crippen LogP contribution in [0, 0.1) is 6.92 Å². The molecule has 100 valence electrons. The number of tetrazole rings is 1. The summed E-state index contributed by atoms with van der Waals surface area (Å²) in [5.41, 5.74) is 0.836. The van der Waals surface area contributed by atoms with Gasteiger partial charge >= 0.3 is 0 Å². The molecule has 0 saturated heterocycles. The number of halogens is 1. The van der Waals surface area contributed by atoms with E-state index in [1.165, 1.54) is 24.6 Å². The van der Waals surface area contributed by atoms with E-state index in [-0.39, 0.29) is 5.28 Å². The van der Waals surface area contributed by atoms with Crippen LogP contribution in [-0.2, 0) is 0 Å². The molecular weight excluding hydrogens is 284 g/mol. The van der Waals surface area contributed by atoms with Gasteiger partial charge in [0.15, 0.2) is 0 Å². The first-order valence-corrected chi connectivity index (χ1v) is 7.39. The summed E-state index contributed by atoms with van der Waals surface area (Å²) in [5.74, 6) is 0. The van der Waals surface area contributed by atoms with Crippen LogP contribution in [0.3, 0.4) is 0 Å². The van der Waals surface area contributed by atoms with Gasteiger partial charge in [0.05, 0.1) is 6.04 Å². The lowest BCUT2D eigenvalue weighted by atomic mass is 10.3. The summed E-state index contributed by atoms with van der Waals surface area (Å²) in [7, 11) is 0. The van der Waals surface area contributed by atoms with Gasteiger partial charge in [-0.1, -0.05) is 12.8 Å². The first-order chi connectivity index (χ1) is 9.22. The molecule has 1 fully saturated rings. The molecule has 0 aliphatic heterocycles. The third-order valence-electron chi connectivity index (χ3n) is 3.13. The van der Waals surface area contributed by atoms with Crippen molar-refractivity contribution in [1.82, 2.24) is 30.2 Å². The van der Waals surface area contributed by atoms with E-state index in [4.69, 9.17) is 11.6 Å². The quantitative estimate of drug-likeness (QED) is 0.641. The molecule has 2 aromatic heterocycles. The second-order valence-electron chi connectivity index (χ2n) is 4.56. The topological polar surface area (TPSA) is 69.4 Å². The first kappa shape index (κ1) is 12.8. The van der Waals surface area contributed by atoms with Crippen LogP contribution in [0.25, 0.3) is 0 Å². The van der Waals surface area contributed by atoms with Crippen molar-refractivity contribution in [3.8, 4) is 0 Å². The lowest BCUT2D eigenvalue weighted by Gasteiger charge is -2.10. The van der Waals surface area contributed by atoms with Gasteiger partial charge in [-0.2, -0.15) is 0 Å². The smallest absolute Gasteiger partial charge is 0.223 e. The zero-order valence-corrected chi connectivity index (χ0v) is 12.0. The zero-order valence-electron chi connectivity index (χ0n) is 10.5. The molecule has 0 N–H and O–H groups in total. The summed E-state index contributed by atoms with van der Waals surface area (Å²) < 4.78 is 1.91. The first-order valence-electron chi connectivity index (χ1n) is 6.19. The Hall–Kier alpha value is -1.21. The van der Waals surface area contributed by atoms with Gasteiger partial charge in [-0.3, -0.25) is 0 Å². The molecule has 0 atom stereocenters. The minimum absolute atomic E-state index is 0.252. The Kier molecular flexibility index (Phi) is 3.65. The van der Waals surface area contributed by atoms with Crippen molar-refractivity contribution >= 4 is 23.4 Å². The standard InChI is InChI=1S/C11H13ClN6S/c1-7-6-9(14-10(12)13-7)19-11-15-16-17-18(11)8-4-2-3-5-8/h6,8H,2-5H2,1H3. The average molecular weight is 297 g/mol. The van der Waals surface area contributed by atoms with E-state index >= 15 is 0 Å². The fourth-order valence-electron chi connectivity index (χ4n) is 2.28. The molecule has 0 aromatic carbocycles. The number of hydrogen-bond acceptors (Lipinski definition) is 6. The van der Waals surface area contributed by atoms with E-state index in [0.29, 0.717) is 6.04 Å². The maximum atomic E-state index is 5.86. The summed E-state index contributed by atoms with van der Waals surface area (Å²) in [6.45, 7) is 1.89. The van der Waals surface area contributed by atoms with Crippen LogP contribution in [0.4, 0.5) is 0 Å². The molecule has 0 unspecified atom stereocenters. The summed E-state index contributed by atoms with van der Waals surface area (Å²) in [5, 5.41) is 13.7. The molecule has 8 heteroatoms. The van der Waals surface area contributed by atoms with Crippen molar-refractivity contribution in [3.63, 3.8) is 0 Å². The van der Waals surface area contributed by atoms with Crippen LogP contribution >= 0.6 is 23.4 Å². The van der Waals surface area contributed by atoms with E-state index < -0.39 is 0 Å². The summed E-state index contributed by atoms with van der Waals surface area (Å²) in [6.07, 6.45) is 4.77. The van der Waals surface area contributed by atoms with Crippen molar-refractivity contribution in [3.05, 3.63) is 17.0 Å². The van der Waals surface area contributed by atoms with Gasteiger partial charge in [0.2, 0.25) is 10.4 Å². The largest absolute Gasteiger partial charge is 0.223 e. The molecular formula is C11H13ClN6S. The van der Waals surface area contributed by atoms with Crippen molar-refractivity contribution < 1.29 is 0 Å². The fourth-order valence-corrected chi connectivity index (χ4v) is 3.46. The number of aryl methyl sites for hydroxylation is 1. The molecule has 1 saturated carbocycles. The maximum Gasteiger partial charge on any atom is 0.223 e. The van der Waals surface area contributed by atoms with Crippen molar-refractivity contribution in [2.45, 2.75) is 48.8 Å². The molecule has 0 amide bonds. The van der Waals surface area contributed by atoms with E-state index in [1.54, 1.807) is 0 Å². The lowest BCUT2D eigenvalue weighted by Crippen LogP contribution is -2.08. The van der Waals surface area contributed by atoms with Crippen LogP contribution in [0.15, 0.2) is 16.2 Å². The van der Waals surface area contributed by atoms with E-state index in [2.05, 4.69) is 25.5 Å². The molecule has 2 aromatic rings. The Balaban J connectivity index is 1.85. The monoisotopic (exact) mass is 296 g/mol. The molecule has 2 heterocycles. The number of hydrogen-bond donors (Lipinski definition) is 0. The van der Waals surface area contributed by atoms with Gasteiger partial charge < -0.3 is 0 Å². The van der Waals surface area contributed by atoms with E-state index in [0.717, 1.165) is 28.7 Å². The average Bonchev–Trinajstić information content (AvgIpc) is 2.96. The third kappa shape index (κ3) is 2.87. The van der Waals surface area contributed by atoms with E-state index in [9.17, 15) is 0 Å². The number of aromatic nitrogens is 6. The minimum atomic E-state index is 0.252. The number of nitrogens with zero attached hydrogens (tertiary/aromatic N) is 6. The van der Waals surface area contributed by atoms with Crippen molar-refractivity contribution in [2.24, 2.45) is 0 Å². The summed E-state index contributed by atoms with van der Waals surface area (Å²) >= 11 is 7.29. The lowest BCUT2D eigenvalue weighted by molar-refractivity contribution is 0.423. The Labute approximate surface area is 120 Å². The predicted molar refractivity (Wildman–Crippen MR) is 71.2 cm³/mol. The van der Waals surface area contributed by atoms with Gasteiger partial charge in [0.25, 0.3) is 0 Å². The third-order valence-corrected chi connectivity index (χ3v) is 4.17. The van der Waals surface area contributed by atoms with Crippen LogP contribution < -0.4 is 0 Å². The van der Waals surface area contributed by atoms with Crippen molar-refractivity contribution in [1.29, 1.82) is 0 Å². The summed E-state index contributed by atoms with van der Waals surface area (Å²) in [6, 6.07) is 2.29. The molecule has 0 radical (unpaired) electrons. The SMILES string of the molecule is Cc1cc(Sc2nnnn2C2CCCC2)nc(Cl)n1. The predicted octanol–water partition coefficient (Wildman–Crippen LogP) is 2.69. The van der Waals surface area contributed by atoms with Gasteiger partial charge in [0.1, 0.15) is 5.03 Å². The highest BCUT2D eigenvalue weighted by Crippen LogP contribution is 2.33. The van der Waals surface area contributed by atoms with Crippen molar-refractivity contribution in [2.75, 3.05) is 0 Å².